The van der Waals surface area contributed by atoms with Gasteiger partial charge in [-0.3, -0.25) is 10.1 Å². The zero-order valence-corrected chi connectivity index (χ0v) is 11.9. The second kappa shape index (κ2) is 11.4. The van der Waals surface area contributed by atoms with E-state index >= 15 is 0 Å². The van der Waals surface area contributed by atoms with E-state index in [0.717, 1.165) is 12.8 Å². The molecule has 0 aliphatic heterocycles. The summed E-state index contributed by atoms with van der Waals surface area (Å²) < 4.78 is 0. The molecular weight excluding hydrogens is 216 g/mol. The highest BCUT2D eigenvalue weighted by atomic mass is 16.2. The van der Waals surface area contributed by atoms with Crippen molar-refractivity contribution in [1.82, 2.24) is 5.32 Å². The number of hydrogen-bond acceptors (Lipinski definition) is 2. The molecular formula is C13H28N2O2. The van der Waals surface area contributed by atoms with Crippen LogP contribution in [-0.2, 0) is 4.79 Å². The van der Waals surface area contributed by atoms with Gasteiger partial charge in [-0.1, -0.05) is 53.9 Å². The van der Waals surface area contributed by atoms with Crippen molar-refractivity contribution in [3.8, 4) is 0 Å². The molecule has 0 aromatic carbocycles. The fourth-order valence-electron chi connectivity index (χ4n) is 1.34. The maximum absolute atomic E-state index is 11.4. The highest BCUT2D eigenvalue weighted by molar-refractivity contribution is 5.94. The number of amides is 3. The third-order valence-corrected chi connectivity index (χ3v) is 2.85. The second-order valence-electron chi connectivity index (χ2n) is 4.25. The third-order valence-electron chi connectivity index (χ3n) is 2.85. The Kier molecular flexibility index (Phi) is 12.3. The molecule has 102 valence electrons. The summed E-state index contributed by atoms with van der Waals surface area (Å²) in [5.74, 6) is -0.0915. The molecule has 17 heavy (non-hydrogen) atoms. The summed E-state index contributed by atoms with van der Waals surface area (Å²) in [5.41, 5.74) is 4.86. The van der Waals surface area contributed by atoms with Crippen LogP contribution in [0.2, 0.25) is 0 Å². The van der Waals surface area contributed by atoms with Crippen molar-refractivity contribution >= 4 is 11.9 Å². The number of imide groups is 1. The average molecular weight is 244 g/mol. The van der Waals surface area contributed by atoms with Gasteiger partial charge in [-0.2, -0.15) is 0 Å². The Balaban J connectivity index is 0. The quantitative estimate of drug-likeness (QED) is 0.780. The smallest absolute Gasteiger partial charge is 0.318 e. The first-order valence-corrected chi connectivity index (χ1v) is 6.54. The van der Waals surface area contributed by atoms with Crippen LogP contribution in [0, 0.1) is 11.8 Å². The van der Waals surface area contributed by atoms with Gasteiger partial charge in [0.05, 0.1) is 0 Å². The number of urea groups is 1. The van der Waals surface area contributed by atoms with E-state index in [0.29, 0.717) is 0 Å². The lowest BCUT2D eigenvalue weighted by Gasteiger charge is -2.19. The number of rotatable bonds is 5. The summed E-state index contributed by atoms with van der Waals surface area (Å²) >= 11 is 0. The number of nitrogens with one attached hydrogen (secondary N) is 1. The number of primary amides is 1. The van der Waals surface area contributed by atoms with Gasteiger partial charge in [-0.25, -0.2) is 4.79 Å². The van der Waals surface area contributed by atoms with Gasteiger partial charge in [-0.15, -0.1) is 0 Å². The third kappa shape index (κ3) is 9.85. The molecule has 0 rings (SSSR count). The van der Waals surface area contributed by atoms with Crippen molar-refractivity contribution in [1.29, 1.82) is 0 Å². The molecule has 3 N–H and O–H groups in total. The Hall–Kier alpha value is -1.06. The zero-order valence-electron chi connectivity index (χ0n) is 11.9. The molecule has 4 nitrogen and oxygen atoms in total. The lowest BCUT2D eigenvalue weighted by molar-refractivity contribution is -0.125. The lowest BCUT2D eigenvalue weighted by Crippen LogP contribution is -2.40. The molecule has 0 aliphatic rings. The number of carbonyl (C=O) groups is 2. The van der Waals surface area contributed by atoms with Crippen LogP contribution in [-0.4, -0.2) is 11.9 Å². The maximum atomic E-state index is 11.4. The summed E-state index contributed by atoms with van der Waals surface area (Å²) in [6, 6.07) is -0.772. The SMILES string of the molecule is CCCC.CC[C@@H](C)[C@@H](CC)C(=O)NC(N)=O. The van der Waals surface area contributed by atoms with Crippen LogP contribution in [0.15, 0.2) is 0 Å². The summed E-state index contributed by atoms with van der Waals surface area (Å²) in [6.45, 7) is 10.3. The topological polar surface area (TPSA) is 72.2 Å². The van der Waals surface area contributed by atoms with Crippen molar-refractivity contribution < 1.29 is 9.59 Å². The molecule has 0 fully saturated rings. The Morgan fingerprint density at radius 2 is 1.53 bits per heavy atom. The van der Waals surface area contributed by atoms with Crippen LogP contribution < -0.4 is 11.1 Å². The first kappa shape index (κ1) is 18.3. The summed E-state index contributed by atoms with van der Waals surface area (Å²) in [4.78, 5) is 21.8. The minimum Gasteiger partial charge on any atom is -0.351 e. The van der Waals surface area contributed by atoms with Gasteiger partial charge in [0.1, 0.15) is 0 Å². The van der Waals surface area contributed by atoms with E-state index in [1.807, 2.05) is 20.8 Å². The Morgan fingerprint density at radius 1 is 1.06 bits per heavy atom. The average Bonchev–Trinajstić information content (AvgIpc) is 2.29. The van der Waals surface area contributed by atoms with Gasteiger partial charge in [0.2, 0.25) is 5.91 Å². The van der Waals surface area contributed by atoms with Gasteiger partial charge >= 0.3 is 6.03 Å². The monoisotopic (exact) mass is 244 g/mol. The molecule has 0 radical (unpaired) electrons. The number of unbranched alkanes of at least 4 members (excludes halogenated alkanes) is 1. The Bertz CT molecular complexity index is 215. The summed E-state index contributed by atoms with van der Waals surface area (Å²) in [6.07, 6.45) is 4.29. The number of hydrogen-bond donors (Lipinski definition) is 2. The van der Waals surface area contributed by atoms with Crippen molar-refractivity contribution in [2.75, 3.05) is 0 Å². The van der Waals surface area contributed by atoms with Crippen LogP contribution >= 0.6 is 0 Å². The van der Waals surface area contributed by atoms with E-state index in [2.05, 4.69) is 19.2 Å². The van der Waals surface area contributed by atoms with E-state index in [4.69, 9.17) is 5.73 Å². The van der Waals surface area contributed by atoms with Crippen molar-refractivity contribution in [2.24, 2.45) is 17.6 Å². The Labute approximate surface area is 105 Å². The van der Waals surface area contributed by atoms with E-state index in [9.17, 15) is 9.59 Å². The normalized spacial score (nSPS) is 13.0. The van der Waals surface area contributed by atoms with E-state index in [1.165, 1.54) is 12.8 Å². The molecule has 2 atom stereocenters. The molecule has 0 aliphatic carbocycles. The fourth-order valence-corrected chi connectivity index (χ4v) is 1.34. The van der Waals surface area contributed by atoms with Gasteiger partial charge < -0.3 is 5.73 Å². The molecule has 0 bridgehead atoms. The first-order chi connectivity index (χ1) is 7.94. The highest BCUT2D eigenvalue weighted by Gasteiger charge is 2.22. The summed E-state index contributed by atoms with van der Waals surface area (Å²) in [5, 5.41) is 2.11. The molecule has 0 spiro atoms. The summed E-state index contributed by atoms with van der Waals surface area (Å²) in [7, 11) is 0. The standard InChI is InChI=1S/C9H18N2O2.C4H10/c1-4-6(3)7(5-2)8(12)11-9(10)13;1-3-4-2/h6-7H,4-5H2,1-3H3,(H3,10,11,12,13);3-4H2,1-2H3/t6-,7-;/m1./s1. The molecule has 4 heteroatoms. The maximum Gasteiger partial charge on any atom is 0.318 e. The number of nitrogens with two attached hydrogens (primary N) is 1. The van der Waals surface area contributed by atoms with Crippen molar-refractivity contribution in [3.05, 3.63) is 0 Å². The fraction of sp³-hybridized carbons (Fsp3) is 0.846. The van der Waals surface area contributed by atoms with Gasteiger partial charge in [0.15, 0.2) is 0 Å². The lowest BCUT2D eigenvalue weighted by atomic mass is 9.89. The first-order valence-electron chi connectivity index (χ1n) is 6.54. The molecule has 0 heterocycles. The molecule has 0 aromatic rings. The molecule has 0 aromatic heterocycles. The zero-order chi connectivity index (χ0) is 13.8. The largest absolute Gasteiger partial charge is 0.351 e. The highest BCUT2D eigenvalue weighted by Crippen LogP contribution is 2.18. The van der Waals surface area contributed by atoms with Crippen LogP contribution in [0.4, 0.5) is 4.79 Å². The molecule has 3 amide bonds. The minimum absolute atomic E-state index is 0.113. The predicted octanol–water partition coefficient (Wildman–Crippen LogP) is 3.06. The van der Waals surface area contributed by atoms with E-state index in [1.54, 1.807) is 0 Å². The minimum atomic E-state index is -0.772. The van der Waals surface area contributed by atoms with Crippen LogP contribution in [0.3, 0.4) is 0 Å². The van der Waals surface area contributed by atoms with Gasteiger partial charge in [-0.05, 0) is 12.3 Å². The second-order valence-corrected chi connectivity index (χ2v) is 4.25. The van der Waals surface area contributed by atoms with E-state index in [-0.39, 0.29) is 17.7 Å². The molecule has 0 saturated heterocycles. The molecule has 0 saturated carbocycles. The van der Waals surface area contributed by atoms with Crippen molar-refractivity contribution in [2.45, 2.75) is 60.3 Å². The Morgan fingerprint density at radius 3 is 1.76 bits per heavy atom. The van der Waals surface area contributed by atoms with Crippen molar-refractivity contribution in [3.63, 3.8) is 0 Å². The van der Waals surface area contributed by atoms with Crippen LogP contribution in [0.5, 0.6) is 0 Å². The van der Waals surface area contributed by atoms with E-state index < -0.39 is 6.03 Å². The van der Waals surface area contributed by atoms with Crippen LogP contribution in [0.1, 0.15) is 60.3 Å². The predicted molar refractivity (Wildman–Crippen MR) is 71.5 cm³/mol. The molecule has 0 unspecified atom stereocenters. The van der Waals surface area contributed by atoms with Gasteiger partial charge in [0.25, 0.3) is 0 Å². The van der Waals surface area contributed by atoms with Crippen LogP contribution in [0.25, 0.3) is 0 Å². The van der Waals surface area contributed by atoms with Gasteiger partial charge in [0, 0.05) is 5.92 Å². The number of carbonyl (C=O) groups excluding carboxylic acids is 2.